The number of fused-ring (bicyclic) bond motifs is 4. The van der Waals surface area contributed by atoms with Crippen molar-refractivity contribution in [2.45, 2.75) is 19.9 Å². The van der Waals surface area contributed by atoms with Gasteiger partial charge in [0.05, 0.1) is 23.1 Å². The lowest BCUT2D eigenvalue weighted by atomic mass is 10.1. The number of anilines is 1. The van der Waals surface area contributed by atoms with Gasteiger partial charge < -0.3 is 10.2 Å². The lowest BCUT2D eigenvalue weighted by molar-refractivity contribution is -0.130. The number of nitrogens with zero attached hydrogens (tertiary/aromatic N) is 4. The van der Waals surface area contributed by atoms with Gasteiger partial charge in [0, 0.05) is 18.0 Å². The van der Waals surface area contributed by atoms with Crippen molar-refractivity contribution in [3.05, 3.63) is 63.3 Å². The Balaban J connectivity index is 1.46. The van der Waals surface area contributed by atoms with E-state index in [1.54, 1.807) is 11.3 Å². The Bertz CT molecular complexity index is 1300. The van der Waals surface area contributed by atoms with Gasteiger partial charge in [0.1, 0.15) is 11.9 Å². The molecule has 4 heterocycles. The standard InChI is InChI=1S/C22H19N5OS/c1-14-10-20(24-12-21(28)26-8-6-19-15(13-26)7-9-29-19)27-18-5-3-2-4-17(18)25-22(27)16(14)11-23/h2-5,7,9-10,24H,6,8,12-13H2,1H3. The normalized spacial score (nSPS) is 13.4. The molecule has 1 amide bonds. The van der Waals surface area contributed by atoms with Crippen molar-refractivity contribution in [1.82, 2.24) is 14.3 Å². The van der Waals surface area contributed by atoms with Crippen molar-refractivity contribution in [2.75, 3.05) is 18.4 Å². The van der Waals surface area contributed by atoms with Crippen LogP contribution in [0.4, 0.5) is 5.82 Å². The maximum atomic E-state index is 12.8. The number of hydrogen-bond donors (Lipinski definition) is 1. The van der Waals surface area contributed by atoms with Crippen LogP contribution in [0.15, 0.2) is 41.8 Å². The molecule has 1 aromatic carbocycles. The summed E-state index contributed by atoms with van der Waals surface area (Å²) in [7, 11) is 0. The Hall–Kier alpha value is -3.37. The third-order valence-corrected chi connectivity index (χ3v) is 6.49. The molecule has 0 fully saturated rings. The maximum Gasteiger partial charge on any atom is 0.242 e. The molecule has 0 saturated carbocycles. The topological polar surface area (TPSA) is 73.4 Å². The molecular weight excluding hydrogens is 382 g/mol. The van der Waals surface area contributed by atoms with Gasteiger partial charge in [0.15, 0.2) is 5.65 Å². The lowest BCUT2D eigenvalue weighted by Crippen LogP contribution is -2.39. The summed E-state index contributed by atoms with van der Waals surface area (Å²) < 4.78 is 1.93. The number of hydrogen-bond acceptors (Lipinski definition) is 5. The molecule has 0 radical (unpaired) electrons. The molecule has 1 aliphatic heterocycles. The predicted octanol–water partition coefficient (Wildman–Crippen LogP) is 3.73. The highest BCUT2D eigenvalue weighted by Gasteiger charge is 2.22. The predicted molar refractivity (Wildman–Crippen MR) is 114 cm³/mol. The van der Waals surface area contributed by atoms with Gasteiger partial charge in [-0.15, -0.1) is 11.3 Å². The summed E-state index contributed by atoms with van der Waals surface area (Å²) in [5.74, 6) is 0.841. The zero-order valence-electron chi connectivity index (χ0n) is 16.0. The van der Waals surface area contributed by atoms with E-state index in [0.717, 1.165) is 35.4 Å². The van der Waals surface area contributed by atoms with E-state index in [-0.39, 0.29) is 12.5 Å². The molecule has 4 aromatic rings. The van der Waals surface area contributed by atoms with Gasteiger partial charge in [0.2, 0.25) is 5.91 Å². The Kier molecular flexibility index (Phi) is 4.22. The smallest absolute Gasteiger partial charge is 0.242 e. The summed E-state index contributed by atoms with van der Waals surface area (Å²) in [5, 5.41) is 15.0. The summed E-state index contributed by atoms with van der Waals surface area (Å²) in [6, 6.07) is 14.1. The molecule has 0 bridgehead atoms. The number of carbonyl (C=O) groups is 1. The number of rotatable bonds is 3. The van der Waals surface area contributed by atoms with Crippen molar-refractivity contribution in [2.24, 2.45) is 0 Å². The molecule has 1 aliphatic rings. The molecule has 0 saturated heterocycles. The molecule has 0 unspecified atom stereocenters. The zero-order chi connectivity index (χ0) is 20.0. The minimum Gasteiger partial charge on any atom is -0.362 e. The zero-order valence-corrected chi connectivity index (χ0v) is 16.8. The Labute approximate surface area is 172 Å². The fourth-order valence-corrected chi connectivity index (χ4v) is 4.85. The number of carbonyl (C=O) groups excluding carboxylic acids is 1. The number of amides is 1. The highest BCUT2D eigenvalue weighted by atomic mass is 32.1. The molecule has 3 aromatic heterocycles. The number of nitriles is 1. The number of nitrogens with one attached hydrogen (secondary N) is 1. The van der Waals surface area contributed by atoms with E-state index in [1.165, 1.54) is 10.4 Å². The maximum absolute atomic E-state index is 12.8. The third kappa shape index (κ3) is 2.93. The number of benzene rings is 1. The number of aryl methyl sites for hydroxylation is 1. The second kappa shape index (κ2) is 6.90. The lowest BCUT2D eigenvalue weighted by Gasteiger charge is -2.27. The van der Waals surface area contributed by atoms with Gasteiger partial charge in [-0.25, -0.2) is 4.98 Å². The second-order valence-corrected chi connectivity index (χ2v) is 8.25. The number of thiophene rings is 1. The molecule has 144 valence electrons. The van der Waals surface area contributed by atoms with Gasteiger partial charge >= 0.3 is 0 Å². The van der Waals surface area contributed by atoms with Crippen LogP contribution in [0.25, 0.3) is 16.7 Å². The van der Waals surface area contributed by atoms with E-state index >= 15 is 0 Å². The van der Waals surface area contributed by atoms with Crippen molar-refractivity contribution in [1.29, 1.82) is 5.26 Å². The minimum atomic E-state index is 0.0708. The Morgan fingerprint density at radius 3 is 3.07 bits per heavy atom. The summed E-state index contributed by atoms with van der Waals surface area (Å²) in [5.41, 5.74) is 5.00. The number of imidazole rings is 1. The fourth-order valence-electron chi connectivity index (χ4n) is 3.96. The van der Waals surface area contributed by atoms with Crippen molar-refractivity contribution < 1.29 is 4.79 Å². The first-order valence-corrected chi connectivity index (χ1v) is 10.4. The largest absolute Gasteiger partial charge is 0.362 e. The molecule has 29 heavy (non-hydrogen) atoms. The number of aromatic nitrogens is 2. The molecule has 5 rings (SSSR count). The van der Waals surface area contributed by atoms with Crippen LogP contribution in [0.2, 0.25) is 0 Å². The highest BCUT2D eigenvalue weighted by Crippen LogP contribution is 2.27. The quantitative estimate of drug-likeness (QED) is 0.568. The van der Waals surface area contributed by atoms with E-state index in [1.807, 2.05) is 46.6 Å². The summed E-state index contributed by atoms with van der Waals surface area (Å²) in [4.78, 5) is 20.8. The van der Waals surface area contributed by atoms with E-state index in [2.05, 4.69) is 27.8 Å². The van der Waals surface area contributed by atoms with E-state index in [9.17, 15) is 10.1 Å². The van der Waals surface area contributed by atoms with Crippen molar-refractivity contribution in [3.63, 3.8) is 0 Å². The third-order valence-electron chi connectivity index (χ3n) is 5.47. The van der Waals surface area contributed by atoms with Crippen LogP contribution < -0.4 is 5.32 Å². The van der Waals surface area contributed by atoms with E-state index in [0.29, 0.717) is 17.8 Å². The summed E-state index contributed by atoms with van der Waals surface area (Å²) in [6.07, 6.45) is 0.922. The molecule has 0 aliphatic carbocycles. The minimum absolute atomic E-state index is 0.0708. The van der Waals surface area contributed by atoms with Crippen LogP contribution in [0.1, 0.15) is 21.6 Å². The summed E-state index contributed by atoms with van der Waals surface area (Å²) in [6.45, 7) is 3.53. The van der Waals surface area contributed by atoms with Gasteiger partial charge in [-0.1, -0.05) is 12.1 Å². The van der Waals surface area contributed by atoms with Gasteiger partial charge in [-0.2, -0.15) is 5.26 Å². The summed E-state index contributed by atoms with van der Waals surface area (Å²) >= 11 is 1.77. The SMILES string of the molecule is Cc1cc(NCC(=O)N2CCc3sccc3C2)n2c(nc3ccccc32)c1C#N. The monoisotopic (exact) mass is 401 g/mol. The average molecular weight is 401 g/mol. The van der Waals surface area contributed by atoms with E-state index < -0.39 is 0 Å². The van der Waals surface area contributed by atoms with Gasteiger partial charge in [0.25, 0.3) is 0 Å². The molecule has 0 spiro atoms. The Morgan fingerprint density at radius 1 is 1.34 bits per heavy atom. The van der Waals surface area contributed by atoms with Gasteiger partial charge in [-0.05, 0) is 54.1 Å². The average Bonchev–Trinajstić information content (AvgIpc) is 3.35. The highest BCUT2D eigenvalue weighted by molar-refractivity contribution is 7.10. The molecule has 6 nitrogen and oxygen atoms in total. The van der Waals surface area contributed by atoms with Crippen LogP contribution in [0.3, 0.4) is 0 Å². The van der Waals surface area contributed by atoms with Crippen LogP contribution in [0, 0.1) is 18.3 Å². The first kappa shape index (κ1) is 17.7. The van der Waals surface area contributed by atoms with Crippen LogP contribution in [0.5, 0.6) is 0 Å². The van der Waals surface area contributed by atoms with Crippen LogP contribution >= 0.6 is 11.3 Å². The van der Waals surface area contributed by atoms with Gasteiger partial charge in [-0.3, -0.25) is 9.20 Å². The second-order valence-electron chi connectivity index (χ2n) is 7.25. The molecule has 7 heteroatoms. The Morgan fingerprint density at radius 2 is 2.21 bits per heavy atom. The first-order valence-electron chi connectivity index (χ1n) is 9.53. The molecule has 1 N–H and O–H groups in total. The fraction of sp³-hybridized carbons (Fsp3) is 0.227. The molecular formula is C22H19N5OS. The molecule has 0 atom stereocenters. The number of para-hydroxylation sites is 2. The van der Waals surface area contributed by atoms with Crippen LogP contribution in [-0.4, -0.2) is 33.3 Å². The van der Waals surface area contributed by atoms with Crippen molar-refractivity contribution in [3.8, 4) is 6.07 Å². The van der Waals surface area contributed by atoms with Crippen LogP contribution in [-0.2, 0) is 17.8 Å². The van der Waals surface area contributed by atoms with E-state index in [4.69, 9.17) is 0 Å². The van der Waals surface area contributed by atoms with Crippen molar-refractivity contribution >= 4 is 39.7 Å². The first-order chi connectivity index (χ1) is 14.2. The number of pyridine rings is 1.